The van der Waals surface area contributed by atoms with Crippen molar-refractivity contribution in [2.75, 3.05) is 0 Å². The molecule has 0 unspecified atom stereocenters. The van der Waals surface area contributed by atoms with Crippen molar-refractivity contribution in [2.24, 2.45) is 0 Å². The van der Waals surface area contributed by atoms with Crippen molar-refractivity contribution >= 4 is 16.6 Å². The topological polar surface area (TPSA) is 23.8 Å². The molecule has 0 N–H and O–H groups in total. The molecule has 0 atom stereocenters. The lowest BCUT2D eigenvalue weighted by Crippen LogP contribution is -2.04. The molecule has 0 amide bonds. The molecule has 0 bridgehead atoms. The third-order valence-corrected chi connectivity index (χ3v) is 2.64. The van der Waals surface area contributed by atoms with E-state index >= 15 is 0 Å². The average molecular weight is 260 g/mol. The van der Waals surface area contributed by atoms with Gasteiger partial charge in [-0.2, -0.15) is 18.4 Å². The number of hydrogen-bond donors (Lipinski definition) is 0. The van der Waals surface area contributed by atoms with Crippen molar-refractivity contribution in [3.05, 3.63) is 41.0 Å². The Hall–Kier alpha value is -1.47. The molecule has 0 fully saturated rings. The molecule has 0 saturated heterocycles. The van der Waals surface area contributed by atoms with Crippen LogP contribution in [-0.4, -0.2) is 0 Å². The van der Waals surface area contributed by atoms with Crippen LogP contribution in [0.2, 0.25) is 0 Å². The Kier molecular flexibility index (Phi) is 4.19. The highest BCUT2D eigenvalue weighted by Gasteiger charge is 2.30. The zero-order chi connectivity index (χ0) is 13.1. The van der Waals surface area contributed by atoms with Gasteiger partial charge in [0, 0.05) is 5.57 Å². The predicted molar refractivity (Wildman–Crippen MR) is 60.1 cm³/mol. The Morgan fingerprint density at radius 3 is 2.53 bits per heavy atom. The van der Waals surface area contributed by atoms with E-state index in [2.05, 4.69) is 0 Å². The second kappa shape index (κ2) is 5.24. The molecule has 0 saturated carbocycles. The van der Waals surface area contributed by atoms with E-state index in [9.17, 15) is 13.2 Å². The normalized spacial score (nSPS) is 12.9. The number of alkyl halides is 3. The van der Waals surface area contributed by atoms with Gasteiger partial charge in [-0.3, -0.25) is 0 Å². The molecule has 0 aromatic heterocycles. The van der Waals surface area contributed by atoms with Gasteiger partial charge in [0.25, 0.3) is 0 Å². The Morgan fingerprint density at radius 1 is 1.41 bits per heavy atom. The van der Waals surface area contributed by atoms with Crippen LogP contribution in [0.4, 0.5) is 13.2 Å². The first kappa shape index (κ1) is 13.6. The maximum Gasteiger partial charge on any atom is 0.416 e. The van der Waals surface area contributed by atoms with Gasteiger partial charge in [-0.1, -0.05) is 30.7 Å². The molecular weight excluding hydrogens is 251 g/mol. The van der Waals surface area contributed by atoms with E-state index in [1.807, 2.05) is 6.07 Å². The first-order valence-corrected chi connectivity index (χ1v) is 5.24. The molecule has 1 aromatic carbocycles. The van der Waals surface area contributed by atoms with E-state index in [4.69, 9.17) is 16.9 Å². The predicted octanol–water partition coefficient (Wildman–Crippen LogP) is 4.59. The van der Waals surface area contributed by atoms with Crippen molar-refractivity contribution in [3.8, 4) is 6.07 Å². The lowest BCUT2D eigenvalue weighted by Gasteiger charge is -2.08. The lowest BCUT2D eigenvalue weighted by molar-refractivity contribution is -0.137. The highest BCUT2D eigenvalue weighted by molar-refractivity contribution is 6.49. The molecule has 5 heteroatoms. The second-order valence-corrected chi connectivity index (χ2v) is 3.71. The third kappa shape index (κ3) is 3.24. The Labute approximate surface area is 102 Å². The molecule has 0 heterocycles. The molecule has 1 aromatic rings. The number of allylic oxidation sites excluding steroid dienone is 1. The van der Waals surface area contributed by atoms with Crippen molar-refractivity contribution in [3.63, 3.8) is 0 Å². The first-order chi connectivity index (χ1) is 7.90. The summed E-state index contributed by atoms with van der Waals surface area (Å²) in [5.41, 5.74) is -0.299. The summed E-state index contributed by atoms with van der Waals surface area (Å²) in [6.07, 6.45) is -4.03. The van der Waals surface area contributed by atoms with Gasteiger partial charge in [-0.25, -0.2) is 0 Å². The van der Waals surface area contributed by atoms with E-state index in [-0.39, 0.29) is 16.2 Å². The molecule has 0 radical (unpaired) electrons. The molecule has 17 heavy (non-hydrogen) atoms. The minimum absolute atomic E-state index is 0.0705. The van der Waals surface area contributed by atoms with Gasteiger partial charge < -0.3 is 0 Å². The number of rotatable bonds is 2. The average Bonchev–Trinajstić information content (AvgIpc) is 2.29. The van der Waals surface area contributed by atoms with E-state index in [1.165, 1.54) is 12.1 Å². The van der Waals surface area contributed by atoms with E-state index < -0.39 is 11.7 Å². The number of halogens is 4. The summed E-state index contributed by atoms with van der Waals surface area (Å²) in [6.45, 7) is 1.72. The van der Waals surface area contributed by atoms with Gasteiger partial charge in [-0.15, -0.1) is 0 Å². The van der Waals surface area contributed by atoms with Gasteiger partial charge in [0.15, 0.2) is 0 Å². The summed E-state index contributed by atoms with van der Waals surface area (Å²) in [4.78, 5) is 0. The van der Waals surface area contributed by atoms with E-state index in [0.717, 1.165) is 12.1 Å². The van der Waals surface area contributed by atoms with Gasteiger partial charge in [-0.05, 0) is 24.1 Å². The van der Waals surface area contributed by atoms with Crippen LogP contribution in [0, 0.1) is 11.3 Å². The Balaban J connectivity index is 3.27. The van der Waals surface area contributed by atoms with Gasteiger partial charge in [0.2, 0.25) is 0 Å². The fraction of sp³-hybridized carbons (Fsp3) is 0.250. The fourth-order valence-electron chi connectivity index (χ4n) is 1.29. The summed E-state index contributed by atoms with van der Waals surface area (Å²) in [5.74, 6) is 0. The monoisotopic (exact) mass is 259 g/mol. The SMILES string of the molecule is CCC(C#N)=C(Cl)c1cccc(C(F)(F)F)c1. The third-order valence-electron chi connectivity index (χ3n) is 2.20. The molecule has 0 aliphatic rings. The maximum atomic E-state index is 12.5. The quantitative estimate of drug-likeness (QED) is 0.713. The van der Waals surface area contributed by atoms with Gasteiger partial charge in [0.1, 0.15) is 0 Å². The van der Waals surface area contributed by atoms with Crippen LogP contribution < -0.4 is 0 Å². The highest BCUT2D eigenvalue weighted by atomic mass is 35.5. The minimum Gasteiger partial charge on any atom is -0.193 e. The van der Waals surface area contributed by atoms with Gasteiger partial charge in [0.05, 0.1) is 16.7 Å². The largest absolute Gasteiger partial charge is 0.416 e. The van der Waals surface area contributed by atoms with Crippen LogP contribution in [0.3, 0.4) is 0 Å². The zero-order valence-corrected chi connectivity index (χ0v) is 9.73. The Bertz CT molecular complexity index is 483. The highest BCUT2D eigenvalue weighted by Crippen LogP contribution is 2.32. The number of hydrogen-bond acceptors (Lipinski definition) is 1. The summed E-state index contributed by atoms with van der Waals surface area (Å²) in [6, 6.07) is 6.50. The van der Waals surface area contributed by atoms with Crippen LogP contribution in [0.5, 0.6) is 0 Å². The molecular formula is C12H9ClF3N. The number of nitriles is 1. The lowest BCUT2D eigenvalue weighted by atomic mass is 10.1. The van der Waals surface area contributed by atoms with Crippen molar-refractivity contribution in [1.29, 1.82) is 5.26 Å². The molecule has 1 nitrogen and oxygen atoms in total. The van der Waals surface area contributed by atoms with Crippen LogP contribution in [0.15, 0.2) is 29.8 Å². The van der Waals surface area contributed by atoms with Crippen molar-refractivity contribution < 1.29 is 13.2 Å². The standard InChI is InChI=1S/C12H9ClF3N/c1-2-8(7-17)11(13)9-4-3-5-10(6-9)12(14,15)16/h3-6H,2H2,1H3. The molecule has 0 aliphatic heterocycles. The van der Waals surface area contributed by atoms with Crippen LogP contribution >= 0.6 is 11.6 Å². The first-order valence-electron chi connectivity index (χ1n) is 4.86. The van der Waals surface area contributed by atoms with Crippen molar-refractivity contribution in [2.45, 2.75) is 19.5 Å². The molecule has 90 valence electrons. The second-order valence-electron chi connectivity index (χ2n) is 3.34. The summed E-state index contributed by atoms with van der Waals surface area (Å²) in [7, 11) is 0. The van der Waals surface area contributed by atoms with Crippen LogP contribution in [0.1, 0.15) is 24.5 Å². The Morgan fingerprint density at radius 2 is 2.06 bits per heavy atom. The van der Waals surface area contributed by atoms with E-state index in [1.54, 1.807) is 6.92 Å². The summed E-state index contributed by atoms with van der Waals surface area (Å²) >= 11 is 5.88. The van der Waals surface area contributed by atoms with Crippen molar-refractivity contribution in [1.82, 2.24) is 0 Å². The van der Waals surface area contributed by atoms with Crippen LogP contribution in [0.25, 0.3) is 5.03 Å². The number of benzene rings is 1. The summed E-state index contributed by atoms with van der Waals surface area (Å²) < 4.78 is 37.4. The van der Waals surface area contributed by atoms with E-state index in [0.29, 0.717) is 6.42 Å². The maximum absolute atomic E-state index is 12.5. The fourth-order valence-corrected chi connectivity index (χ4v) is 1.58. The summed E-state index contributed by atoms with van der Waals surface area (Å²) in [5, 5.41) is 8.84. The smallest absolute Gasteiger partial charge is 0.193 e. The minimum atomic E-state index is -4.41. The molecule has 1 rings (SSSR count). The number of nitrogens with zero attached hydrogens (tertiary/aromatic N) is 1. The molecule has 0 aliphatic carbocycles. The molecule has 0 spiro atoms. The zero-order valence-electron chi connectivity index (χ0n) is 8.98. The van der Waals surface area contributed by atoms with Gasteiger partial charge >= 0.3 is 6.18 Å². The van der Waals surface area contributed by atoms with Crippen LogP contribution in [-0.2, 0) is 6.18 Å².